The Morgan fingerprint density at radius 3 is 2.84 bits per heavy atom. The molecule has 2 rings (SSSR count). The van der Waals surface area contributed by atoms with Crippen LogP contribution in [0, 0.1) is 6.92 Å². The van der Waals surface area contributed by atoms with Crippen LogP contribution in [0.4, 0.5) is 0 Å². The van der Waals surface area contributed by atoms with Gasteiger partial charge in [-0.25, -0.2) is 0 Å². The van der Waals surface area contributed by atoms with E-state index in [1.165, 1.54) is 32.1 Å². The normalized spacial score (nSPS) is 16.3. The van der Waals surface area contributed by atoms with Crippen molar-refractivity contribution in [3.05, 3.63) is 35.4 Å². The van der Waals surface area contributed by atoms with Crippen LogP contribution >= 0.6 is 11.8 Å². The van der Waals surface area contributed by atoms with Gasteiger partial charge >= 0.3 is 0 Å². The molecule has 1 aromatic carbocycles. The molecule has 1 amide bonds. The zero-order chi connectivity index (χ0) is 13.5. The van der Waals surface area contributed by atoms with Crippen molar-refractivity contribution in [2.24, 2.45) is 0 Å². The van der Waals surface area contributed by atoms with E-state index in [0.717, 1.165) is 28.7 Å². The molecule has 1 fully saturated rings. The summed E-state index contributed by atoms with van der Waals surface area (Å²) < 4.78 is 0. The van der Waals surface area contributed by atoms with Gasteiger partial charge in [0.2, 0.25) is 0 Å². The molecule has 1 aliphatic rings. The van der Waals surface area contributed by atoms with Crippen LogP contribution in [-0.4, -0.2) is 23.5 Å². The van der Waals surface area contributed by atoms with Crippen molar-refractivity contribution in [1.82, 2.24) is 5.32 Å². The highest BCUT2D eigenvalue weighted by Crippen LogP contribution is 2.27. The molecule has 0 aliphatic heterocycles. The van der Waals surface area contributed by atoms with Crippen molar-refractivity contribution < 1.29 is 4.79 Å². The van der Waals surface area contributed by atoms with Crippen LogP contribution in [0.25, 0.3) is 0 Å². The van der Waals surface area contributed by atoms with Crippen molar-refractivity contribution in [1.29, 1.82) is 0 Å². The maximum atomic E-state index is 11.9. The fraction of sp³-hybridized carbons (Fsp3) is 0.562. The summed E-state index contributed by atoms with van der Waals surface area (Å²) in [5.74, 6) is 1.08. The first-order chi connectivity index (χ1) is 9.25. The summed E-state index contributed by atoms with van der Waals surface area (Å²) in [4.78, 5) is 11.9. The predicted octanol–water partition coefficient (Wildman–Crippen LogP) is 3.79. The van der Waals surface area contributed by atoms with Gasteiger partial charge in [0.25, 0.3) is 5.91 Å². The third-order valence-electron chi connectivity index (χ3n) is 3.57. The molecule has 0 heterocycles. The smallest absolute Gasteiger partial charge is 0.251 e. The lowest BCUT2D eigenvalue weighted by molar-refractivity contribution is 0.0956. The number of aryl methyl sites for hydroxylation is 1. The number of hydrogen-bond acceptors (Lipinski definition) is 2. The highest BCUT2D eigenvalue weighted by Gasteiger charge is 2.13. The molecule has 0 saturated heterocycles. The van der Waals surface area contributed by atoms with Gasteiger partial charge < -0.3 is 5.32 Å². The first kappa shape index (κ1) is 14.4. The maximum Gasteiger partial charge on any atom is 0.251 e. The van der Waals surface area contributed by atoms with Gasteiger partial charge in [0, 0.05) is 23.1 Å². The van der Waals surface area contributed by atoms with E-state index in [0.29, 0.717) is 0 Å². The van der Waals surface area contributed by atoms with Gasteiger partial charge in [0.05, 0.1) is 0 Å². The minimum Gasteiger partial charge on any atom is -0.351 e. The maximum absolute atomic E-state index is 11.9. The van der Waals surface area contributed by atoms with Gasteiger partial charge in [0.1, 0.15) is 0 Å². The number of carbonyl (C=O) groups excluding carboxylic acids is 1. The van der Waals surface area contributed by atoms with Crippen molar-refractivity contribution >= 4 is 17.7 Å². The van der Waals surface area contributed by atoms with E-state index in [2.05, 4.69) is 5.32 Å². The van der Waals surface area contributed by atoms with E-state index >= 15 is 0 Å². The Hall–Kier alpha value is -0.960. The molecule has 0 bridgehead atoms. The topological polar surface area (TPSA) is 29.1 Å². The Kier molecular flexibility index (Phi) is 5.77. The first-order valence-electron chi connectivity index (χ1n) is 7.22. The minimum absolute atomic E-state index is 0.0490. The molecule has 1 aromatic rings. The highest BCUT2D eigenvalue weighted by molar-refractivity contribution is 7.99. The minimum atomic E-state index is 0.0490. The van der Waals surface area contributed by atoms with E-state index in [1.54, 1.807) is 0 Å². The van der Waals surface area contributed by atoms with Crippen molar-refractivity contribution in [2.75, 3.05) is 12.3 Å². The highest BCUT2D eigenvalue weighted by atomic mass is 32.2. The molecule has 1 saturated carbocycles. The molecule has 0 atom stereocenters. The number of nitrogens with one attached hydrogen (secondary N) is 1. The fourth-order valence-electron chi connectivity index (χ4n) is 2.51. The standard InChI is InChI=1S/C16H23NOS/c1-13-6-5-7-14(12-13)16(18)17-10-11-19-15-8-3-2-4-9-15/h5-7,12,15H,2-4,8-11H2,1H3,(H,17,18). The van der Waals surface area contributed by atoms with Gasteiger partial charge in [-0.1, -0.05) is 37.0 Å². The lowest BCUT2D eigenvalue weighted by atomic mass is 10.0. The van der Waals surface area contributed by atoms with Crippen LogP contribution in [0.2, 0.25) is 0 Å². The summed E-state index contributed by atoms with van der Waals surface area (Å²) >= 11 is 2.02. The Morgan fingerprint density at radius 1 is 1.32 bits per heavy atom. The number of thioether (sulfide) groups is 1. The van der Waals surface area contributed by atoms with Crippen LogP contribution in [0.3, 0.4) is 0 Å². The molecule has 2 nitrogen and oxygen atoms in total. The molecule has 1 aliphatic carbocycles. The Labute approximate surface area is 120 Å². The van der Waals surface area contributed by atoms with Crippen molar-refractivity contribution in [3.63, 3.8) is 0 Å². The summed E-state index contributed by atoms with van der Waals surface area (Å²) in [6.45, 7) is 2.78. The SMILES string of the molecule is Cc1cccc(C(=O)NCCSC2CCCCC2)c1. The van der Waals surface area contributed by atoms with E-state index in [9.17, 15) is 4.79 Å². The number of hydrogen-bond donors (Lipinski definition) is 1. The van der Waals surface area contributed by atoms with E-state index in [-0.39, 0.29) is 5.91 Å². The summed E-state index contributed by atoms with van der Waals surface area (Å²) in [5.41, 5.74) is 1.90. The molecule has 0 spiro atoms. The number of rotatable bonds is 5. The second-order valence-electron chi connectivity index (χ2n) is 5.26. The molecule has 0 radical (unpaired) electrons. The summed E-state index contributed by atoms with van der Waals surface area (Å²) in [7, 11) is 0. The third-order valence-corrected chi connectivity index (χ3v) is 4.96. The van der Waals surface area contributed by atoms with Gasteiger partial charge in [-0.15, -0.1) is 0 Å². The van der Waals surface area contributed by atoms with Crippen LogP contribution in [0.5, 0.6) is 0 Å². The van der Waals surface area contributed by atoms with Gasteiger partial charge in [-0.3, -0.25) is 4.79 Å². The Balaban J connectivity index is 1.66. The van der Waals surface area contributed by atoms with Crippen LogP contribution in [0.1, 0.15) is 48.0 Å². The molecule has 3 heteroatoms. The monoisotopic (exact) mass is 277 g/mol. The number of amides is 1. The average molecular weight is 277 g/mol. The van der Waals surface area contributed by atoms with Gasteiger partial charge in [-0.05, 0) is 31.9 Å². The summed E-state index contributed by atoms with van der Waals surface area (Å²) in [6, 6.07) is 7.75. The van der Waals surface area contributed by atoms with Crippen LogP contribution in [0.15, 0.2) is 24.3 Å². The van der Waals surface area contributed by atoms with Crippen molar-refractivity contribution in [3.8, 4) is 0 Å². The fourth-order valence-corrected chi connectivity index (χ4v) is 3.73. The summed E-state index contributed by atoms with van der Waals surface area (Å²) in [5, 5.41) is 3.83. The lowest BCUT2D eigenvalue weighted by Crippen LogP contribution is -2.26. The van der Waals surface area contributed by atoms with Crippen LogP contribution < -0.4 is 5.32 Å². The molecule has 0 unspecified atom stereocenters. The Morgan fingerprint density at radius 2 is 2.11 bits per heavy atom. The zero-order valence-electron chi connectivity index (χ0n) is 11.7. The summed E-state index contributed by atoms with van der Waals surface area (Å²) in [6.07, 6.45) is 6.88. The molecular weight excluding hydrogens is 254 g/mol. The lowest BCUT2D eigenvalue weighted by Gasteiger charge is -2.20. The largest absolute Gasteiger partial charge is 0.351 e. The van der Waals surface area contributed by atoms with E-state index in [1.807, 2.05) is 43.0 Å². The molecule has 1 N–H and O–H groups in total. The van der Waals surface area contributed by atoms with E-state index in [4.69, 9.17) is 0 Å². The quantitative estimate of drug-likeness (QED) is 0.830. The third kappa shape index (κ3) is 4.90. The second-order valence-corrected chi connectivity index (χ2v) is 6.66. The molecular formula is C16H23NOS. The predicted molar refractivity (Wildman–Crippen MR) is 82.8 cm³/mol. The average Bonchev–Trinajstić information content (AvgIpc) is 2.44. The zero-order valence-corrected chi connectivity index (χ0v) is 12.5. The van der Waals surface area contributed by atoms with Gasteiger partial charge in [-0.2, -0.15) is 11.8 Å². The molecule has 19 heavy (non-hydrogen) atoms. The Bertz CT molecular complexity index is 413. The van der Waals surface area contributed by atoms with Crippen LogP contribution in [-0.2, 0) is 0 Å². The second kappa shape index (κ2) is 7.59. The number of carbonyl (C=O) groups is 1. The van der Waals surface area contributed by atoms with Gasteiger partial charge in [0.15, 0.2) is 0 Å². The van der Waals surface area contributed by atoms with E-state index < -0.39 is 0 Å². The molecule has 0 aromatic heterocycles. The first-order valence-corrected chi connectivity index (χ1v) is 8.27. The number of benzene rings is 1. The van der Waals surface area contributed by atoms with Crippen molar-refractivity contribution in [2.45, 2.75) is 44.3 Å². The molecule has 104 valence electrons.